The van der Waals surface area contributed by atoms with Gasteiger partial charge in [0, 0.05) is 23.4 Å². The molecule has 0 radical (unpaired) electrons. The Kier molecular flexibility index (Phi) is 5.07. The maximum atomic E-state index is 12.4. The Labute approximate surface area is 131 Å². The Balaban J connectivity index is 2.04. The number of furan rings is 1. The third-order valence-corrected chi connectivity index (χ3v) is 6.35. The van der Waals surface area contributed by atoms with Crippen LogP contribution in [0.1, 0.15) is 38.2 Å². The Bertz CT molecular complexity index is 589. The molecular weight excluding hydrogens is 308 g/mol. The van der Waals surface area contributed by atoms with E-state index in [2.05, 4.69) is 10.0 Å². The fourth-order valence-electron chi connectivity index (χ4n) is 1.83. The van der Waals surface area contributed by atoms with Crippen LogP contribution < -0.4 is 10.0 Å². The Morgan fingerprint density at radius 2 is 2.10 bits per heavy atom. The van der Waals surface area contributed by atoms with Crippen molar-refractivity contribution in [2.45, 2.75) is 55.8 Å². The molecule has 0 amide bonds. The molecule has 0 unspecified atom stereocenters. The highest BCUT2D eigenvalue weighted by Gasteiger charge is 2.26. The van der Waals surface area contributed by atoms with Crippen molar-refractivity contribution in [1.29, 1.82) is 0 Å². The van der Waals surface area contributed by atoms with E-state index in [1.54, 1.807) is 24.8 Å². The highest BCUT2D eigenvalue weighted by molar-refractivity contribution is 8.00. The summed E-state index contributed by atoms with van der Waals surface area (Å²) in [4.78, 5) is 0.243. The normalized spacial score (nSPS) is 16.4. The monoisotopic (exact) mass is 332 g/mol. The molecule has 21 heavy (non-hydrogen) atoms. The number of rotatable bonds is 8. The minimum Gasteiger partial charge on any atom is -0.464 e. The van der Waals surface area contributed by atoms with Gasteiger partial charge in [0.15, 0.2) is 0 Å². The molecule has 2 N–H and O–H groups in total. The van der Waals surface area contributed by atoms with Gasteiger partial charge in [0.1, 0.15) is 16.4 Å². The lowest BCUT2D eigenvalue weighted by Gasteiger charge is -2.21. The molecule has 2 rings (SSSR count). The van der Waals surface area contributed by atoms with E-state index < -0.39 is 10.0 Å². The molecule has 0 bridgehead atoms. The van der Waals surface area contributed by atoms with Crippen LogP contribution in [0.4, 0.5) is 0 Å². The molecule has 1 heterocycles. The van der Waals surface area contributed by atoms with Crippen LogP contribution in [0, 0.1) is 6.92 Å². The fourth-order valence-corrected chi connectivity index (χ4v) is 3.55. The van der Waals surface area contributed by atoms with Gasteiger partial charge in [-0.05, 0) is 39.9 Å². The lowest BCUT2D eigenvalue weighted by Crippen LogP contribution is -2.36. The summed E-state index contributed by atoms with van der Waals surface area (Å²) in [6, 6.07) is 2.19. The van der Waals surface area contributed by atoms with Gasteiger partial charge < -0.3 is 9.73 Å². The fraction of sp³-hybridized carbons (Fsp3) is 0.714. The standard InChI is InChI=1S/C14H24N2O3S2/c1-10-13(7-12(19-10)8-15-11-5-6-11)21(17,18)16-9-14(2,3)20-4/h7,11,15-16H,5-6,8-9H2,1-4H3. The summed E-state index contributed by atoms with van der Waals surface area (Å²) in [6.07, 6.45) is 4.35. The zero-order valence-corrected chi connectivity index (χ0v) is 14.7. The predicted molar refractivity (Wildman–Crippen MR) is 86.1 cm³/mol. The Morgan fingerprint density at radius 3 is 2.67 bits per heavy atom. The summed E-state index contributed by atoms with van der Waals surface area (Å²) < 4.78 is 32.8. The molecule has 1 aliphatic carbocycles. The zero-order chi connectivity index (χ0) is 15.7. The number of hydrogen-bond acceptors (Lipinski definition) is 5. The van der Waals surface area contributed by atoms with Gasteiger partial charge in [-0.1, -0.05) is 0 Å². The van der Waals surface area contributed by atoms with E-state index in [1.165, 1.54) is 12.8 Å². The maximum absolute atomic E-state index is 12.4. The molecular formula is C14H24N2O3S2. The smallest absolute Gasteiger partial charge is 0.244 e. The van der Waals surface area contributed by atoms with Crippen molar-refractivity contribution in [2.24, 2.45) is 0 Å². The van der Waals surface area contributed by atoms with Crippen LogP contribution >= 0.6 is 11.8 Å². The molecule has 0 aromatic carbocycles. The van der Waals surface area contributed by atoms with Crippen LogP contribution in [-0.4, -0.2) is 32.0 Å². The van der Waals surface area contributed by atoms with Crippen molar-refractivity contribution in [2.75, 3.05) is 12.8 Å². The first-order valence-electron chi connectivity index (χ1n) is 7.11. The van der Waals surface area contributed by atoms with Crippen LogP contribution in [0.3, 0.4) is 0 Å². The molecule has 1 saturated carbocycles. The van der Waals surface area contributed by atoms with Gasteiger partial charge in [-0.3, -0.25) is 0 Å². The van der Waals surface area contributed by atoms with Crippen molar-refractivity contribution in [3.05, 3.63) is 17.6 Å². The molecule has 1 fully saturated rings. The molecule has 0 spiro atoms. The molecule has 7 heteroatoms. The van der Waals surface area contributed by atoms with Crippen molar-refractivity contribution in [1.82, 2.24) is 10.0 Å². The van der Waals surface area contributed by atoms with Gasteiger partial charge in [0.25, 0.3) is 0 Å². The lowest BCUT2D eigenvalue weighted by molar-refractivity contribution is 0.456. The third-order valence-electron chi connectivity index (χ3n) is 3.60. The van der Waals surface area contributed by atoms with Crippen LogP contribution in [-0.2, 0) is 16.6 Å². The molecule has 5 nitrogen and oxygen atoms in total. The Morgan fingerprint density at radius 1 is 1.43 bits per heavy atom. The number of hydrogen-bond donors (Lipinski definition) is 2. The van der Waals surface area contributed by atoms with Gasteiger partial charge in [0.2, 0.25) is 10.0 Å². The number of aryl methyl sites for hydroxylation is 1. The van der Waals surface area contributed by atoms with E-state index in [0.29, 0.717) is 30.7 Å². The topological polar surface area (TPSA) is 71.3 Å². The first-order chi connectivity index (χ1) is 9.73. The first-order valence-corrected chi connectivity index (χ1v) is 9.82. The lowest BCUT2D eigenvalue weighted by atomic mass is 10.2. The molecule has 1 aliphatic rings. The third kappa shape index (κ3) is 4.74. The van der Waals surface area contributed by atoms with Gasteiger partial charge >= 0.3 is 0 Å². The molecule has 1 aromatic heterocycles. The van der Waals surface area contributed by atoms with Gasteiger partial charge in [0.05, 0.1) is 6.54 Å². The highest BCUT2D eigenvalue weighted by Crippen LogP contribution is 2.24. The van der Waals surface area contributed by atoms with E-state index in [9.17, 15) is 8.42 Å². The number of nitrogens with one attached hydrogen (secondary N) is 2. The van der Waals surface area contributed by atoms with E-state index in [4.69, 9.17) is 4.42 Å². The van der Waals surface area contributed by atoms with Gasteiger partial charge in [-0.25, -0.2) is 13.1 Å². The van der Waals surface area contributed by atoms with Crippen molar-refractivity contribution < 1.29 is 12.8 Å². The minimum absolute atomic E-state index is 0.138. The van der Waals surface area contributed by atoms with Gasteiger partial charge in [-0.2, -0.15) is 11.8 Å². The molecule has 1 aromatic rings. The van der Waals surface area contributed by atoms with Crippen LogP contribution in [0.5, 0.6) is 0 Å². The first kappa shape index (κ1) is 16.9. The van der Waals surface area contributed by atoms with Crippen LogP contribution in [0.15, 0.2) is 15.4 Å². The predicted octanol–water partition coefficient (Wildman–Crippen LogP) is 2.26. The summed E-state index contributed by atoms with van der Waals surface area (Å²) >= 11 is 1.63. The summed E-state index contributed by atoms with van der Waals surface area (Å²) in [5, 5.41) is 3.32. The van der Waals surface area contributed by atoms with E-state index in [1.807, 2.05) is 20.1 Å². The minimum atomic E-state index is -3.52. The second kappa shape index (κ2) is 6.32. The second-order valence-corrected chi connectivity index (χ2v) is 9.33. The highest BCUT2D eigenvalue weighted by atomic mass is 32.2. The van der Waals surface area contributed by atoms with Crippen molar-refractivity contribution in [3.8, 4) is 0 Å². The second-order valence-electron chi connectivity index (χ2n) is 6.08. The summed E-state index contributed by atoms with van der Waals surface area (Å²) in [5.41, 5.74) is 0. The Hall–Kier alpha value is -0.500. The largest absolute Gasteiger partial charge is 0.464 e. The molecule has 0 atom stereocenters. The van der Waals surface area contributed by atoms with Crippen molar-refractivity contribution >= 4 is 21.8 Å². The number of sulfonamides is 1. The average molecular weight is 332 g/mol. The SMILES string of the molecule is CSC(C)(C)CNS(=O)(=O)c1cc(CNC2CC2)oc1C. The summed E-state index contributed by atoms with van der Waals surface area (Å²) in [5.74, 6) is 1.11. The maximum Gasteiger partial charge on any atom is 0.244 e. The van der Waals surface area contributed by atoms with Crippen LogP contribution in [0.25, 0.3) is 0 Å². The average Bonchev–Trinajstić information content (AvgIpc) is 3.17. The molecule has 0 saturated heterocycles. The summed E-state index contributed by atoms with van der Waals surface area (Å²) in [7, 11) is -3.52. The van der Waals surface area contributed by atoms with Gasteiger partial charge in [-0.15, -0.1) is 0 Å². The molecule has 0 aliphatic heterocycles. The quantitative estimate of drug-likeness (QED) is 0.764. The van der Waals surface area contributed by atoms with Crippen LogP contribution in [0.2, 0.25) is 0 Å². The summed E-state index contributed by atoms with van der Waals surface area (Å²) in [6.45, 7) is 6.67. The van der Waals surface area contributed by atoms with E-state index in [-0.39, 0.29) is 9.64 Å². The zero-order valence-electron chi connectivity index (χ0n) is 13.0. The molecule has 120 valence electrons. The van der Waals surface area contributed by atoms with E-state index in [0.717, 1.165) is 0 Å². The van der Waals surface area contributed by atoms with E-state index >= 15 is 0 Å². The van der Waals surface area contributed by atoms with Crippen molar-refractivity contribution in [3.63, 3.8) is 0 Å². The number of thioether (sulfide) groups is 1.